The Morgan fingerprint density at radius 3 is 2.50 bits per heavy atom. The Bertz CT molecular complexity index is 556. The van der Waals surface area contributed by atoms with Crippen molar-refractivity contribution in [1.82, 2.24) is 9.80 Å². The van der Waals surface area contributed by atoms with Gasteiger partial charge in [-0.15, -0.1) is 0 Å². The van der Waals surface area contributed by atoms with Crippen LogP contribution in [0.3, 0.4) is 0 Å². The molecule has 2 fully saturated rings. The summed E-state index contributed by atoms with van der Waals surface area (Å²) < 4.78 is 5.31. The number of rotatable bonds is 6. The van der Waals surface area contributed by atoms with Crippen LogP contribution in [-0.2, 0) is 16.1 Å². The second-order valence-electron chi connectivity index (χ2n) is 7.77. The average Bonchev–Trinajstić information content (AvgIpc) is 3.31. The normalized spacial score (nSPS) is 26.4. The van der Waals surface area contributed by atoms with Crippen molar-refractivity contribution >= 4 is 5.91 Å². The molecule has 1 saturated heterocycles. The topological polar surface area (TPSA) is 32.8 Å². The van der Waals surface area contributed by atoms with Crippen molar-refractivity contribution < 1.29 is 9.53 Å². The third-order valence-corrected chi connectivity index (χ3v) is 5.60. The van der Waals surface area contributed by atoms with Gasteiger partial charge in [0.2, 0.25) is 5.91 Å². The van der Waals surface area contributed by atoms with E-state index >= 15 is 0 Å². The van der Waals surface area contributed by atoms with Gasteiger partial charge in [0.15, 0.2) is 0 Å². The average molecular weight is 330 g/mol. The second-order valence-corrected chi connectivity index (χ2v) is 7.77. The standard InChI is InChI=1S/C20H30N2O2/c1-16-13-22(19(23)11-20(9-10-20)15-24-3)17(2)12-21(16)14-18-7-5-4-6-8-18/h4-8,16-17H,9-15H2,1-3H3. The van der Waals surface area contributed by atoms with E-state index < -0.39 is 0 Å². The van der Waals surface area contributed by atoms with Crippen LogP contribution >= 0.6 is 0 Å². The molecule has 1 aromatic rings. The SMILES string of the molecule is COCC1(CC(=O)N2CC(C)N(Cc3ccccc3)CC2C)CC1. The van der Waals surface area contributed by atoms with Crippen molar-refractivity contribution in [1.29, 1.82) is 0 Å². The smallest absolute Gasteiger partial charge is 0.223 e. The van der Waals surface area contributed by atoms with Crippen LogP contribution < -0.4 is 0 Å². The molecule has 2 unspecified atom stereocenters. The molecule has 132 valence electrons. The minimum Gasteiger partial charge on any atom is -0.384 e. The fourth-order valence-electron chi connectivity index (χ4n) is 3.86. The highest BCUT2D eigenvalue weighted by Gasteiger charge is 2.46. The summed E-state index contributed by atoms with van der Waals surface area (Å²) in [5, 5.41) is 0. The quantitative estimate of drug-likeness (QED) is 0.804. The molecule has 1 amide bonds. The third-order valence-electron chi connectivity index (χ3n) is 5.60. The molecule has 1 heterocycles. The van der Waals surface area contributed by atoms with Crippen LogP contribution in [0.25, 0.3) is 0 Å². The Morgan fingerprint density at radius 1 is 1.17 bits per heavy atom. The zero-order chi connectivity index (χ0) is 17.2. The number of methoxy groups -OCH3 is 1. The molecule has 2 atom stereocenters. The first-order valence-corrected chi connectivity index (χ1v) is 9.09. The van der Waals surface area contributed by atoms with E-state index in [9.17, 15) is 4.79 Å². The number of piperazine rings is 1. The molecule has 1 aliphatic carbocycles. The highest BCUT2D eigenvalue weighted by molar-refractivity contribution is 5.78. The monoisotopic (exact) mass is 330 g/mol. The lowest BCUT2D eigenvalue weighted by Gasteiger charge is -2.44. The zero-order valence-corrected chi connectivity index (χ0v) is 15.2. The third kappa shape index (κ3) is 3.98. The fraction of sp³-hybridized carbons (Fsp3) is 0.650. The minimum absolute atomic E-state index is 0.135. The van der Waals surface area contributed by atoms with Gasteiger partial charge in [-0.25, -0.2) is 0 Å². The molecule has 0 N–H and O–H groups in total. The van der Waals surface area contributed by atoms with E-state index in [1.165, 1.54) is 5.56 Å². The van der Waals surface area contributed by atoms with Crippen molar-refractivity contribution in [2.24, 2.45) is 5.41 Å². The van der Waals surface area contributed by atoms with Gasteiger partial charge in [0, 0.05) is 50.7 Å². The van der Waals surface area contributed by atoms with E-state index in [0.29, 0.717) is 18.4 Å². The van der Waals surface area contributed by atoms with Gasteiger partial charge in [-0.2, -0.15) is 0 Å². The molecule has 1 aromatic carbocycles. The maximum Gasteiger partial charge on any atom is 0.223 e. The summed E-state index contributed by atoms with van der Waals surface area (Å²) in [6.45, 7) is 7.86. The number of hydrogen-bond acceptors (Lipinski definition) is 3. The molecule has 0 bridgehead atoms. The van der Waals surface area contributed by atoms with E-state index in [2.05, 4.69) is 54.0 Å². The molecule has 0 spiro atoms. The predicted octanol–water partition coefficient (Wildman–Crippen LogP) is 2.92. The lowest BCUT2D eigenvalue weighted by Crippen LogP contribution is -2.57. The van der Waals surface area contributed by atoms with Gasteiger partial charge >= 0.3 is 0 Å². The Morgan fingerprint density at radius 2 is 1.88 bits per heavy atom. The number of amides is 1. The van der Waals surface area contributed by atoms with Crippen LogP contribution in [-0.4, -0.2) is 54.6 Å². The van der Waals surface area contributed by atoms with Crippen LogP contribution in [0.4, 0.5) is 0 Å². The van der Waals surface area contributed by atoms with Crippen LogP contribution in [0.15, 0.2) is 30.3 Å². The van der Waals surface area contributed by atoms with Crippen molar-refractivity contribution in [3.05, 3.63) is 35.9 Å². The molecule has 4 heteroatoms. The van der Waals surface area contributed by atoms with Gasteiger partial charge in [-0.05, 0) is 32.3 Å². The van der Waals surface area contributed by atoms with Gasteiger partial charge in [-0.1, -0.05) is 30.3 Å². The summed E-state index contributed by atoms with van der Waals surface area (Å²) in [6.07, 6.45) is 2.91. The number of nitrogens with zero attached hydrogens (tertiary/aromatic N) is 2. The maximum absolute atomic E-state index is 12.8. The number of carbonyl (C=O) groups excluding carboxylic acids is 1. The van der Waals surface area contributed by atoms with E-state index in [1.807, 2.05) is 0 Å². The summed E-state index contributed by atoms with van der Waals surface area (Å²) >= 11 is 0. The van der Waals surface area contributed by atoms with E-state index in [4.69, 9.17) is 4.74 Å². The Kier molecular flexibility index (Phi) is 5.26. The van der Waals surface area contributed by atoms with Gasteiger partial charge in [0.1, 0.15) is 0 Å². The van der Waals surface area contributed by atoms with Gasteiger partial charge in [0.25, 0.3) is 0 Å². The molecular formula is C20H30N2O2. The molecule has 24 heavy (non-hydrogen) atoms. The molecular weight excluding hydrogens is 300 g/mol. The fourth-order valence-corrected chi connectivity index (χ4v) is 3.86. The minimum atomic E-state index is 0.135. The number of ether oxygens (including phenoxy) is 1. The first-order valence-electron chi connectivity index (χ1n) is 9.09. The maximum atomic E-state index is 12.8. The lowest BCUT2D eigenvalue weighted by atomic mass is 10.0. The van der Waals surface area contributed by atoms with Crippen molar-refractivity contribution in [3.8, 4) is 0 Å². The summed E-state index contributed by atoms with van der Waals surface area (Å²) in [6, 6.07) is 11.3. The molecule has 1 aliphatic heterocycles. The van der Waals surface area contributed by atoms with Crippen LogP contribution in [0.2, 0.25) is 0 Å². The van der Waals surface area contributed by atoms with Crippen molar-refractivity contribution in [3.63, 3.8) is 0 Å². The predicted molar refractivity (Wildman–Crippen MR) is 95.6 cm³/mol. The molecule has 4 nitrogen and oxygen atoms in total. The second kappa shape index (κ2) is 7.24. The summed E-state index contributed by atoms with van der Waals surface area (Å²) in [5.41, 5.74) is 1.48. The first kappa shape index (κ1) is 17.4. The van der Waals surface area contributed by atoms with E-state index in [0.717, 1.165) is 39.1 Å². The van der Waals surface area contributed by atoms with Gasteiger partial charge in [-0.3, -0.25) is 9.69 Å². The molecule has 3 rings (SSSR count). The molecule has 2 aliphatic rings. The van der Waals surface area contributed by atoms with Crippen LogP contribution in [0.5, 0.6) is 0 Å². The summed E-state index contributed by atoms with van der Waals surface area (Å²) in [5.74, 6) is 0.309. The first-order chi connectivity index (χ1) is 11.5. The van der Waals surface area contributed by atoms with E-state index in [-0.39, 0.29) is 11.5 Å². The molecule has 0 radical (unpaired) electrons. The summed E-state index contributed by atoms with van der Waals surface area (Å²) in [4.78, 5) is 17.4. The van der Waals surface area contributed by atoms with Crippen LogP contribution in [0.1, 0.15) is 38.7 Å². The highest BCUT2D eigenvalue weighted by atomic mass is 16.5. The summed E-state index contributed by atoms with van der Waals surface area (Å²) in [7, 11) is 1.73. The van der Waals surface area contributed by atoms with Crippen molar-refractivity contribution in [2.45, 2.75) is 51.7 Å². The molecule has 0 aromatic heterocycles. The highest BCUT2D eigenvalue weighted by Crippen LogP contribution is 2.49. The largest absolute Gasteiger partial charge is 0.384 e. The van der Waals surface area contributed by atoms with Crippen LogP contribution in [0, 0.1) is 5.41 Å². The number of carbonyl (C=O) groups is 1. The van der Waals surface area contributed by atoms with Gasteiger partial charge in [0.05, 0.1) is 6.61 Å². The van der Waals surface area contributed by atoms with Crippen molar-refractivity contribution in [2.75, 3.05) is 26.8 Å². The Balaban J connectivity index is 1.58. The number of hydrogen-bond donors (Lipinski definition) is 0. The zero-order valence-electron chi connectivity index (χ0n) is 15.2. The Hall–Kier alpha value is -1.39. The number of benzene rings is 1. The Labute approximate surface area is 145 Å². The van der Waals surface area contributed by atoms with E-state index in [1.54, 1.807) is 7.11 Å². The lowest BCUT2D eigenvalue weighted by molar-refractivity contribution is -0.139. The molecule has 1 saturated carbocycles. The van der Waals surface area contributed by atoms with Gasteiger partial charge < -0.3 is 9.64 Å².